The fourth-order valence-corrected chi connectivity index (χ4v) is 2.14. The first-order valence-corrected chi connectivity index (χ1v) is 7.61. The number of esters is 1. The summed E-state index contributed by atoms with van der Waals surface area (Å²) in [4.78, 5) is 24.9. The average molecular weight is 282 g/mol. The monoisotopic (exact) mass is 282 g/mol. The van der Waals surface area contributed by atoms with Crippen molar-refractivity contribution in [2.45, 2.75) is 52.4 Å². The maximum absolute atomic E-state index is 11.7. The van der Waals surface area contributed by atoms with Crippen molar-refractivity contribution in [3.8, 4) is 0 Å². The molecule has 1 N–H and O–H groups in total. The van der Waals surface area contributed by atoms with Crippen molar-refractivity contribution in [3.05, 3.63) is 11.8 Å². The van der Waals surface area contributed by atoms with Gasteiger partial charge < -0.3 is 15.0 Å². The Morgan fingerprint density at radius 1 is 1.25 bits per heavy atom. The van der Waals surface area contributed by atoms with Gasteiger partial charge in [0.1, 0.15) is 0 Å². The number of hydrogen-bond acceptors (Lipinski definition) is 3. The van der Waals surface area contributed by atoms with Gasteiger partial charge in [0.2, 0.25) is 0 Å². The Kier molecular flexibility index (Phi) is 7.77. The summed E-state index contributed by atoms with van der Waals surface area (Å²) >= 11 is 0. The molecule has 0 aromatic heterocycles. The summed E-state index contributed by atoms with van der Waals surface area (Å²) in [6.07, 6.45) is 8.68. The number of amides is 2. The summed E-state index contributed by atoms with van der Waals surface area (Å²) in [6.45, 7) is 5.22. The zero-order valence-electron chi connectivity index (χ0n) is 12.6. The van der Waals surface area contributed by atoms with Gasteiger partial charge >= 0.3 is 12.0 Å². The Morgan fingerprint density at radius 2 is 1.95 bits per heavy atom. The molecule has 0 atom stereocenters. The number of unbranched alkanes of at least 4 members (excludes halogenated alkanes) is 5. The molecule has 0 radical (unpaired) electrons. The standard InChI is InChI=1S/C15H26N2O3/c1-3-5-6-7-8-9-10-17-12-13(11-16-15(17)19)14(18)20-4-2/h12H,3-11H2,1-2H3,(H,16,19). The molecule has 5 heteroatoms. The second kappa shape index (κ2) is 9.39. The zero-order valence-corrected chi connectivity index (χ0v) is 12.6. The third-order valence-corrected chi connectivity index (χ3v) is 3.29. The molecule has 1 aliphatic heterocycles. The molecule has 0 fully saturated rings. The van der Waals surface area contributed by atoms with Crippen molar-refractivity contribution < 1.29 is 14.3 Å². The predicted molar refractivity (Wildman–Crippen MR) is 78.2 cm³/mol. The molecule has 1 aliphatic rings. The summed E-state index contributed by atoms with van der Waals surface area (Å²) in [5.41, 5.74) is 0.512. The van der Waals surface area contributed by atoms with Gasteiger partial charge in [0.25, 0.3) is 0 Å². The Balaban J connectivity index is 2.36. The van der Waals surface area contributed by atoms with Gasteiger partial charge in [-0.1, -0.05) is 39.0 Å². The van der Waals surface area contributed by atoms with Crippen LogP contribution in [0.2, 0.25) is 0 Å². The van der Waals surface area contributed by atoms with Gasteiger partial charge in [-0.05, 0) is 13.3 Å². The highest BCUT2D eigenvalue weighted by Gasteiger charge is 2.22. The highest BCUT2D eigenvalue weighted by Crippen LogP contribution is 2.10. The van der Waals surface area contributed by atoms with Gasteiger partial charge in [-0.25, -0.2) is 9.59 Å². The summed E-state index contributed by atoms with van der Waals surface area (Å²) in [5.74, 6) is -0.347. The van der Waals surface area contributed by atoms with Crippen molar-refractivity contribution in [1.82, 2.24) is 10.2 Å². The van der Waals surface area contributed by atoms with E-state index in [9.17, 15) is 9.59 Å². The van der Waals surface area contributed by atoms with E-state index in [0.717, 1.165) is 12.8 Å². The first-order valence-electron chi connectivity index (χ1n) is 7.61. The first-order chi connectivity index (χ1) is 9.69. The van der Waals surface area contributed by atoms with Crippen molar-refractivity contribution in [3.63, 3.8) is 0 Å². The second-order valence-electron chi connectivity index (χ2n) is 4.99. The molecule has 1 rings (SSSR count). The van der Waals surface area contributed by atoms with E-state index in [1.165, 1.54) is 25.7 Å². The third kappa shape index (κ3) is 5.63. The fourth-order valence-electron chi connectivity index (χ4n) is 2.14. The highest BCUT2D eigenvalue weighted by atomic mass is 16.5. The van der Waals surface area contributed by atoms with Crippen LogP contribution in [-0.4, -0.2) is 36.6 Å². The molecule has 20 heavy (non-hydrogen) atoms. The zero-order chi connectivity index (χ0) is 14.8. The quantitative estimate of drug-likeness (QED) is 0.522. The molecule has 5 nitrogen and oxygen atoms in total. The topological polar surface area (TPSA) is 58.6 Å². The number of carbonyl (C=O) groups excluding carboxylic acids is 2. The minimum Gasteiger partial charge on any atom is -0.463 e. The summed E-state index contributed by atoms with van der Waals surface area (Å²) in [7, 11) is 0. The van der Waals surface area contributed by atoms with Crippen LogP contribution in [0.4, 0.5) is 4.79 Å². The Bertz CT molecular complexity index is 353. The minimum atomic E-state index is -0.347. The number of urea groups is 1. The largest absolute Gasteiger partial charge is 0.463 e. The van der Waals surface area contributed by atoms with Crippen LogP contribution in [0.1, 0.15) is 52.4 Å². The summed E-state index contributed by atoms with van der Waals surface area (Å²) in [5, 5.41) is 2.70. The molecular formula is C15H26N2O3. The number of carbonyl (C=O) groups is 2. The van der Waals surface area contributed by atoms with Gasteiger partial charge in [0.15, 0.2) is 0 Å². The summed E-state index contributed by atoms with van der Waals surface area (Å²) in [6, 6.07) is -0.133. The molecule has 0 saturated heterocycles. The Labute approximate surface area is 121 Å². The van der Waals surface area contributed by atoms with Crippen LogP contribution < -0.4 is 5.32 Å². The predicted octanol–water partition coefficient (Wildman–Crippen LogP) is 2.82. The van der Waals surface area contributed by atoms with Crippen molar-refractivity contribution in [2.24, 2.45) is 0 Å². The van der Waals surface area contributed by atoms with E-state index in [1.807, 2.05) is 0 Å². The molecule has 2 amide bonds. The third-order valence-electron chi connectivity index (χ3n) is 3.29. The maximum Gasteiger partial charge on any atom is 0.337 e. The summed E-state index contributed by atoms with van der Waals surface area (Å²) < 4.78 is 4.95. The van der Waals surface area contributed by atoms with E-state index in [4.69, 9.17) is 4.74 Å². The van der Waals surface area contributed by atoms with Crippen LogP contribution in [0.5, 0.6) is 0 Å². The lowest BCUT2D eigenvalue weighted by Crippen LogP contribution is -2.43. The molecular weight excluding hydrogens is 256 g/mol. The molecule has 0 bridgehead atoms. The molecule has 0 spiro atoms. The molecule has 0 unspecified atom stereocenters. The second-order valence-corrected chi connectivity index (χ2v) is 4.99. The van der Waals surface area contributed by atoms with Gasteiger partial charge in [0, 0.05) is 12.7 Å². The fraction of sp³-hybridized carbons (Fsp3) is 0.733. The number of rotatable bonds is 9. The van der Waals surface area contributed by atoms with Gasteiger partial charge in [0.05, 0.1) is 18.7 Å². The Hall–Kier alpha value is -1.52. The van der Waals surface area contributed by atoms with Crippen LogP contribution >= 0.6 is 0 Å². The molecule has 114 valence electrons. The maximum atomic E-state index is 11.7. The van der Waals surface area contributed by atoms with Gasteiger partial charge in [-0.15, -0.1) is 0 Å². The Morgan fingerprint density at radius 3 is 2.65 bits per heavy atom. The van der Waals surface area contributed by atoms with E-state index in [-0.39, 0.29) is 18.5 Å². The van der Waals surface area contributed by atoms with Crippen LogP contribution in [0.15, 0.2) is 11.8 Å². The van der Waals surface area contributed by atoms with Crippen LogP contribution in [-0.2, 0) is 9.53 Å². The molecule has 0 aromatic carbocycles. The normalized spacial score (nSPS) is 14.8. The SMILES string of the molecule is CCCCCCCCN1C=C(C(=O)OCC)CNC1=O. The number of nitrogens with zero attached hydrogens (tertiary/aromatic N) is 1. The number of ether oxygens (including phenoxy) is 1. The van der Waals surface area contributed by atoms with Crippen LogP contribution in [0.3, 0.4) is 0 Å². The molecule has 0 aromatic rings. The number of nitrogens with one attached hydrogen (secondary N) is 1. The van der Waals surface area contributed by atoms with E-state index in [0.29, 0.717) is 18.7 Å². The van der Waals surface area contributed by atoms with Crippen molar-refractivity contribution >= 4 is 12.0 Å². The highest BCUT2D eigenvalue weighted by molar-refractivity contribution is 5.92. The minimum absolute atomic E-state index is 0.133. The van der Waals surface area contributed by atoms with E-state index in [2.05, 4.69) is 12.2 Å². The molecule has 0 saturated carbocycles. The smallest absolute Gasteiger partial charge is 0.337 e. The van der Waals surface area contributed by atoms with E-state index >= 15 is 0 Å². The molecule has 1 heterocycles. The van der Waals surface area contributed by atoms with E-state index < -0.39 is 0 Å². The lowest BCUT2D eigenvalue weighted by atomic mass is 10.1. The lowest BCUT2D eigenvalue weighted by molar-refractivity contribution is -0.138. The van der Waals surface area contributed by atoms with Crippen molar-refractivity contribution in [2.75, 3.05) is 19.7 Å². The number of hydrogen-bond donors (Lipinski definition) is 1. The lowest BCUT2D eigenvalue weighted by Gasteiger charge is -2.25. The average Bonchev–Trinajstić information content (AvgIpc) is 2.44. The van der Waals surface area contributed by atoms with Gasteiger partial charge in [-0.3, -0.25) is 0 Å². The van der Waals surface area contributed by atoms with Crippen molar-refractivity contribution in [1.29, 1.82) is 0 Å². The van der Waals surface area contributed by atoms with E-state index in [1.54, 1.807) is 18.0 Å². The van der Waals surface area contributed by atoms with Crippen LogP contribution in [0, 0.1) is 0 Å². The van der Waals surface area contributed by atoms with Crippen LogP contribution in [0.25, 0.3) is 0 Å². The van der Waals surface area contributed by atoms with Gasteiger partial charge in [-0.2, -0.15) is 0 Å². The molecule has 0 aliphatic carbocycles. The first kappa shape index (κ1) is 16.5.